The second kappa shape index (κ2) is 6.25. The highest BCUT2D eigenvalue weighted by molar-refractivity contribution is 6.42. The number of hydrogen-bond acceptors (Lipinski definition) is 2. The second-order valence-electron chi connectivity index (χ2n) is 5.59. The van der Waals surface area contributed by atoms with Crippen molar-refractivity contribution in [3.63, 3.8) is 0 Å². The maximum atomic E-state index is 14.1. The fourth-order valence-corrected chi connectivity index (χ4v) is 2.89. The van der Waals surface area contributed by atoms with Crippen LogP contribution in [0.4, 0.5) is 23.2 Å². The summed E-state index contributed by atoms with van der Waals surface area (Å²) in [6, 6.07) is 6.77. The second-order valence-corrected chi connectivity index (χ2v) is 6.00. The lowest BCUT2D eigenvalue weighted by Gasteiger charge is -2.14. The van der Waals surface area contributed by atoms with E-state index in [-0.39, 0.29) is 27.4 Å². The van der Waals surface area contributed by atoms with Crippen molar-refractivity contribution in [1.82, 2.24) is 0 Å². The number of benzene rings is 2. The molecule has 2 aromatic carbocycles. The Bertz CT molecular complexity index is 966. The third kappa shape index (κ3) is 2.99. The molecule has 1 aliphatic heterocycles. The molecule has 8 heteroatoms. The van der Waals surface area contributed by atoms with Crippen LogP contribution in [0.5, 0.6) is 0 Å². The van der Waals surface area contributed by atoms with Gasteiger partial charge < -0.3 is 0 Å². The SMILES string of the molecule is CC(=O)N1C(=O)/C(=C/c2cccc(Cl)c2F)c2ccc(C(F)(F)F)cc21. The molecule has 0 N–H and O–H groups in total. The maximum absolute atomic E-state index is 14.1. The van der Waals surface area contributed by atoms with E-state index >= 15 is 0 Å². The fraction of sp³-hybridized carbons (Fsp3) is 0.111. The number of rotatable bonds is 1. The van der Waals surface area contributed by atoms with E-state index in [1.807, 2.05) is 0 Å². The van der Waals surface area contributed by atoms with Gasteiger partial charge in [0.05, 0.1) is 21.8 Å². The van der Waals surface area contributed by atoms with E-state index in [2.05, 4.69) is 0 Å². The van der Waals surface area contributed by atoms with Gasteiger partial charge >= 0.3 is 6.18 Å². The van der Waals surface area contributed by atoms with E-state index in [0.717, 1.165) is 25.1 Å². The van der Waals surface area contributed by atoms with Gasteiger partial charge in [-0.1, -0.05) is 29.8 Å². The number of halogens is 5. The summed E-state index contributed by atoms with van der Waals surface area (Å²) in [5.41, 5.74) is -1.18. The molecule has 0 saturated carbocycles. The smallest absolute Gasteiger partial charge is 0.274 e. The molecule has 0 fully saturated rings. The van der Waals surface area contributed by atoms with Crippen LogP contribution in [0.25, 0.3) is 11.6 Å². The number of carbonyl (C=O) groups is 2. The van der Waals surface area contributed by atoms with Crippen LogP contribution in [-0.2, 0) is 15.8 Å². The molecule has 1 heterocycles. The van der Waals surface area contributed by atoms with Gasteiger partial charge in [0.1, 0.15) is 5.82 Å². The molecule has 0 spiro atoms. The number of anilines is 1. The van der Waals surface area contributed by atoms with E-state index in [9.17, 15) is 27.2 Å². The zero-order valence-corrected chi connectivity index (χ0v) is 14.0. The van der Waals surface area contributed by atoms with Gasteiger partial charge in [-0.2, -0.15) is 13.2 Å². The van der Waals surface area contributed by atoms with E-state index in [0.29, 0.717) is 4.90 Å². The molecular formula is C18H10ClF4NO2. The Labute approximate surface area is 150 Å². The van der Waals surface area contributed by atoms with Crippen molar-refractivity contribution in [2.24, 2.45) is 0 Å². The first kappa shape index (κ1) is 18.1. The Balaban J connectivity index is 2.22. The quantitative estimate of drug-likeness (QED) is 0.517. The molecule has 26 heavy (non-hydrogen) atoms. The molecule has 134 valence electrons. The highest BCUT2D eigenvalue weighted by Gasteiger charge is 2.38. The lowest BCUT2D eigenvalue weighted by molar-refractivity contribution is -0.137. The van der Waals surface area contributed by atoms with Crippen LogP contribution in [0, 0.1) is 5.82 Å². The first-order valence-corrected chi connectivity index (χ1v) is 7.71. The van der Waals surface area contributed by atoms with Crippen LogP contribution in [-0.4, -0.2) is 11.8 Å². The normalized spacial score (nSPS) is 15.5. The van der Waals surface area contributed by atoms with Gasteiger partial charge in [-0.15, -0.1) is 0 Å². The van der Waals surface area contributed by atoms with E-state index in [1.54, 1.807) is 0 Å². The first-order chi connectivity index (χ1) is 12.1. The Morgan fingerprint density at radius 1 is 1.19 bits per heavy atom. The number of alkyl halides is 3. The molecule has 0 bridgehead atoms. The summed E-state index contributed by atoms with van der Waals surface area (Å²) < 4.78 is 53.0. The van der Waals surface area contributed by atoms with Gasteiger partial charge in [-0.3, -0.25) is 9.59 Å². The molecule has 0 saturated heterocycles. The minimum atomic E-state index is -4.63. The zero-order valence-electron chi connectivity index (χ0n) is 13.2. The van der Waals surface area contributed by atoms with Crippen LogP contribution in [0.15, 0.2) is 36.4 Å². The van der Waals surface area contributed by atoms with E-state index < -0.39 is 29.4 Å². The van der Waals surface area contributed by atoms with Crippen molar-refractivity contribution >= 4 is 40.8 Å². The third-order valence-electron chi connectivity index (χ3n) is 3.89. The maximum Gasteiger partial charge on any atom is 0.416 e. The summed E-state index contributed by atoms with van der Waals surface area (Å²) in [6.07, 6.45) is -3.47. The largest absolute Gasteiger partial charge is 0.416 e. The van der Waals surface area contributed by atoms with Gasteiger partial charge in [-0.05, 0) is 24.3 Å². The van der Waals surface area contributed by atoms with Gasteiger partial charge in [0.15, 0.2) is 0 Å². The molecule has 0 aromatic heterocycles. The minimum absolute atomic E-state index is 0.0166. The molecule has 3 nitrogen and oxygen atoms in total. The molecule has 0 atom stereocenters. The van der Waals surface area contributed by atoms with Crippen LogP contribution < -0.4 is 4.90 Å². The van der Waals surface area contributed by atoms with Crippen LogP contribution in [0.3, 0.4) is 0 Å². The summed E-state index contributed by atoms with van der Waals surface area (Å²) in [7, 11) is 0. The van der Waals surface area contributed by atoms with Crippen molar-refractivity contribution in [2.45, 2.75) is 13.1 Å². The minimum Gasteiger partial charge on any atom is -0.274 e. The number of amides is 2. The Morgan fingerprint density at radius 2 is 1.88 bits per heavy atom. The van der Waals surface area contributed by atoms with Gasteiger partial charge in [0.25, 0.3) is 5.91 Å². The van der Waals surface area contributed by atoms with Gasteiger partial charge in [0.2, 0.25) is 5.91 Å². The predicted octanol–water partition coefficient (Wildman–Crippen LogP) is 4.93. The first-order valence-electron chi connectivity index (χ1n) is 7.33. The van der Waals surface area contributed by atoms with Gasteiger partial charge in [-0.25, -0.2) is 9.29 Å². The molecule has 0 aliphatic carbocycles. The van der Waals surface area contributed by atoms with Crippen LogP contribution in [0.1, 0.15) is 23.6 Å². The number of nitrogens with zero attached hydrogens (tertiary/aromatic N) is 1. The number of carbonyl (C=O) groups excluding carboxylic acids is 2. The molecule has 2 aromatic rings. The Morgan fingerprint density at radius 3 is 2.50 bits per heavy atom. The fourth-order valence-electron chi connectivity index (χ4n) is 2.71. The third-order valence-corrected chi connectivity index (χ3v) is 4.18. The Kier molecular flexibility index (Phi) is 4.36. The lowest BCUT2D eigenvalue weighted by Crippen LogP contribution is -2.31. The van der Waals surface area contributed by atoms with Crippen molar-refractivity contribution < 1.29 is 27.2 Å². The summed E-state index contributed by atoms with van der Waals surface area (Å²) in [6.45, 7) is 1.06. The molecule has 1 aliphatic rings. The topological polar surface area (TPSA) is 37.4 Å². The number of hydrogen-bond donors (Lipinski definition) is 0. The molecular weight excluding hydrogens is 374 g/mol. The molecule has 0 radical (unpaired) electrons. The standard InChI is InChI=1S/C18H10ClF4NO2/c1-9(25)24-15-8-11(18(21,22)23)5-6-12(15)13(17(24)26)7-10-3-2-4-14(19)16(10)20/h2-8H,1H3/b13-7+. The summed E-state index contributed by atoms with van der Waals surface area (Å²) >= 11 is 5.71. The highest BCUT2D eigenvalue weighted by atomic mass is 35.5. The van der Waals surface area contributed by atoms with Crippen molar-refractivity contribution in [3.05, 3.63) is 63.9 Å². The Hall–Kier alpha value is -2.67. The van der Waals surface area contributed by atoms with Crippen LogP contribution in [0.2, 0.25) is 5.02 Å². The van der Waals surface area contributed by atoms with Crippen LogP contribution >= 0.6 is 11.6 Å². The highest BCUT2D eigenvalue weighted by Crippen LogP contribution is 2.42. The number of fused-ring (bicyclic) bond motifs is 1. The average molecular weight is 384 g/mol. The van der Waals surface area contributed by atoms with Crippen molar-refractivity contribution in [2.75, 3.05) is 4.90 Å². The number of imide groups is 1. The van der Waals surface area contributed by atoms with E-state index in [1.165, 1.54) is 24.3 Å². The summed E-state index contributed by atoms with van der Waals surface area (Å²) in [4.78, 5) is 25.0. The van der Waals surface area contributed by atoms with Crippen molar-refractivity contribution in [3.8, 4) is 0 Å². The summed E-state index contributed by atoms with van der Waals surface area (Å²) in [5.74, 6) is -2.35. The predicted molar refractivity (Wildman–Crippen MR) is 88.9 cm³/mol. The summed E-state index contributed by atoms with van der Waals surface area (Å²) in [5, 5.41) is -0.166. The average Bonchev–Trinajstić information content (AvgIpc) is 2.82. The molecule has 3 rings (SSSR count). The monoisotopic (exact) mass is 383 g/mol. The molecule has 0 unspecified atom stereocenters. The zero-order chi connectivity index (χ0) is 19.2. The van der Waals surface area contributed by atoms with E-state index in [4.69, 9.17) is 11.6 Å². The van der Waals surface area contributed by atoms with Crippen molar-refractivity contribution in [1.29, 1.82) is 0 Å². The van der Waals surface area contributed by atoms with Gasteiger partial charge in [0, 0.05) is 18.1 Å². The lowest BCUT2D eigenvalue weighted by atomic mass is 10.0. The molecule has 2 amide bonds.